The van der Waals surface area contributed by atoms with Crippen LogP contribution in [0.2, 0.25) is 0 Å². The first kappa shape index (κ1) is 17.3. The third-order valence-corrected chi connectivity index (χ3v) is 2.95. The first-order valence-corrected chi connectivity index (χ1v) is 7.05. The lowest BCUT2D eigenvalue weighted by Crippen LogP contribution is -2.01. The summed E-state index contributed by atoms with van der Waals surface area (Å²) in [6.07, 6.45) is 5.89. The molecule has 2 aromatic rings. The van der Waals surface area contributed by atoms with E-state index in [-0.39, 0.29) is 11.5 Å². The number of aromatic nitrogens is 2. The lowest BCUT2D eigenvalue weighted by molar-refractivity contribution is 0.0599. The molecule has 2 heterocycles. The van der Waals surface area contributed by atoms with Crippen LogP contribution in [0.3, 0.4) is 0 Å². The van der Waals surface area contributed by atoms with E-state index in [0.717, 1.165) is 4.47 Å². The summed E-state index contributed by atoms with van der Waals surface area (Å²) in [5, 5.41) is 8.45. The van der Waals surface area contributed by atoms with Crippen molar-refractivity contribution in [1.82, 2.24) is 9.97 Å². The molecule has 0 aromatic carbocycles. The van der Waals surface area contributed by atoms with Crippen LogP contribution in [0, 0.1) is 0 Å². The highest BCUT2D eigenvalue weighted by molar-refractivity contribution is 9.10. The monoisotopic (exact) mass is 416 g/mol. The molecule has 0 unspecified atom stereocenters. The minimum atomic E-state index is -0.964. The van der Waals surface area contributed by atoms with Gasteiger partial charge in [0.25, 0.3) is 0 Å². The number of ether oxygens (including phenoxy) is 1. The van der Waals surface area contributed by atoms with E-state index in [1.807, 2.05) is 0 Å². The van der Waals surface area contributed by atoms with E-state index in [1.165, 1.54) is 31.8 Å². The van der Waals surface area contributed by atoms with Crippen molar-refractivity contribution in [2.75, 3.05) is 7.11 Å². The lowest BCUT2D eigenvalue weighted by atomic mass is 10.3. The predicted octanol–water partition coefficient (Wildman–Crippen LogP) is 3.17. The van der Waals surface area contributed by atoms with Gasteiger partial charge in [-0.2, -0.15) is 0 Å². The quantitative estimate of drug-likeness (QED) is 0.754. The molecular weight excluding hydrogens is 408 g/mol. The van der Waals surface area contributed by atoms with Gasteiger partial charge in [-0.05, 0) is 44.0 Å². The Balaban J connectivity index is 0.000000211. The smallest absolute Gasteiger partial charge is 0.339 e. The van der Waals surface area contributed by atoms with E-state index < -0.39 is 5.97 Å². The van der Waals surface area contributed by atoms with Crippen LogP contribution in [-0.2, 0) is 4.74 Å². The van der Waals surface area contributed by atoms with Gasteiger partial charge in [-0.1, -0.05) is 0 Å². The maximum atomic E-state index is 10.9. The van der Waals surface area contributed by atoms with Gasteiger partial charge in [0, 0.05) is 33.7 Å². The molecule has 6 nitrogen and oxygen atoms in total. The van der Waals surface area contributed by atoms with Gasteiger partial charge in [-0.3, -0.25) is 9.97 Å². The van der Waals surface area contributed by atoms with Crippen molar-refractivity contribution >= 4 is 43.8 Å². The molecule has 0 spiro atoms. The molecule has 0 saturated heterocycles. The van der Waals surface area contributed by atoms with E-state index in [9.17, 15) is 9.59 Å². The normalized spacial score (nSPS) is 9.29. The number of methoxy groups -OCH3 is 1. The summed E-state index contributed by atoms with van der Waals surface area (Å²) in [5.41, 5.74) is 0.635. The van der Waals surface area contributed by atoms with Crippen molar-refractivity contribution in [2.24, 2.45) is 0 Å². The van der Waals surface area contributed by atoms with Crippen LogP contribution in [0.1, 0.15) is 20.7 Å². The standard InChI is InChI=1S/C7H6BrNO2.C6H4BrNO2/c1-11-7(10)5-2-6(8)4-9-3-5;7-5-1-4(6(9)10)2-8-3-5/h2-4H,1H3;1-3H,(H,9,10). The second-order valence-corrected chi connectivity index (χ2v) is 5.41. The fourth-order valence-corrected chi connectivity index (χ4v) is 1.90. The Morgan fingerprint density at radius 1 is 1.00 bits per heavy atom. The van der Waals surface area contributed by atoms with Crippen LogP contribution in [0.25, 0.3) is 0 Å². The summed E-state index contributed by atoms with van der Waals surface area (Å²) in [7, 11) is 1.34. The van der Waals surface area contributed by atoms with E-state index in [2.05, 4.69) is 46.6 Å². The van der Waals surface area contributed by atoms with Gasteiger partial charge in [-0.15, -0.1) is 0 Å². The first-order chi connectivity index (χ1) is 9.93. The SMILES string of the molecule is COC(=O)c1cncc(Br)c1.O=C(O)c1cncc(Br)c1. The van der Waals surface area contributed by atoms with Crippen molar-refractivity contribution in [1.29, 1.82) is 0 Å². The molecule has 21 heavy (non-hydrogen) atoms. The number of pyridine rings is 2. The van der Waals surface area contributed by atoms with Crippen molar-refractivity contribution in [3.05, 3.63) is 57.0 Å². The minimum Gasteiger partial charge on any atom is -0.478 e. The second-order valence-electron chi connectivity index (χ2n) is 3.58. The molecule has 110 valence electrons. The maximum absolute atomic E-state index is 10.9. The van der Waals surface area contributed by atoms with Crippen molar-refractivity contribution < 1.29 is 19.4 Å². The van der Waals surface area contributed by atoms with Crippen LogP contribution in [0.4, 0.5) is 0 Å². The molecular formula is C13H10Br2N2O4. The largest absolute Gasteiger partial charge is 0.478 e. The van der Waals surface area contributed by atoms with Gasteiger partial charge in [0.1, 0.15) is 0 Å². The number of carbonyl (C=O) groups is 2. The molecule has 0 aliphatic carbocycles. The molecule has 0 fully saturated rings. The van der Waals surface area contributed by atoms with Crippen LogP contribution in [0.15, 0.2) is 45.9 Å². The highest BCUT2D eigenvalue weighted by atomic mass is 79.9. The second kappa shape index (κ2) is 8.48. The number of nitrogens with zero attached hydrogens (tertiary/aromatic N) is 2. The molecule has 0 saturated carbocycles. The van der Waals surface area contributed by atoms with Gasteiger partial charge >= 0.3 is 11.9 Å². The molecule has 2 rings (SSSR count). The zero-order chi connectivity index (χ0) is 15.8. The number of hydrogen-bond donors (Lipinski definition) is 1. The molecule has 2 aromatic heterocycles. The Morgan fingerprint density at radius 2 is 1.48 bits per heavy atom. The first-order valence-electron chi connectivity index (χ1n) is 5.46. The minimum absolute atomic E-state index is 0.189. The van der Waals surface area contributed by atoms with Crippen LogP contribution in [0.5, 0.6) is 0 Å². The molecule has 0 amide bonds. The van der Waals surface area contributed by atoms with Gasteiger partial charge < -0.3 is 9.84 Å². The summed E-state index contributed by atoms with van der Waals surface area (Å²) >= 11 is 6.29. The van der Waals surface area contributed by atoms with E-state index in [1.54, 1.807) is 12.3 Å². The summed E-state index contributed by atoms with van der Waals surface area (Å²) < 4.78 is 5.93. The van der Waals surface area contributed by atoms with Crippen LogP contribution >= 0.6 is 31.9 Å². The average Bonchev–Trinajstić information content (AvgIpc) is 2.47. The third kappa shape index (κ3) is 6.01. The lowest BCUT2D eigenvalue weighted by Gasteiger charge is -1.97. The third-order valence-electron chi connectivity index (χ3n) is 2.08. The Labute approximate surface area is 137 Å². The molecule has 8 heteroatoms. The fraction of sp³-hybridized carbons (Fsp3) is 0.0769. The van der Waals surface area contributed by atoms with Gasteiger partial charge in [-0.25, -0.2) is 9.59 Å². The van der Waals surface area contributed by atoms with Gasteiger partial charge in [0.15, 0.2) is 0 Å². The van der Waals surface area contributed by atoms with E-state index >= 15 is 0 Å². The average molecular weight is 418 g/mol. The number of hydrogen-bond acceptors (Lipinski definition) is 5. The highest BCUT2D eigenvalue weighted by Gasteiger charge is 2.04. The molecule has 0 aliphatic rings. The summed E-state index contributed by atoms with van der Waals surface area (Å²) in [5.74, 6) is -1.34. The van der Waals surface area contributed by atoms with Gasteiger partial charge in [0.2, 0.25) is 0 Å². The number of carbonyl (C=O) groups excluding carboxylic acids is 1. The molecule has 0 atom stereocenters. The summed E-state index contributed by atoms with van der Waals surface area (Å²) in [6, 6.07) is 3.15. The van der Waals surface area contributed by atoms with Crippen molar-refractivity contribution in [3.63, 3.8) is 0 Å². The highest BCUT2D eigenvalue weighted by Crippen LogP contribution is 2.10. The number of halogens is 2. The van der Waals surface area contributed by atoms with E-state index in [4.69, 9.17) is 5.11 Å². The Kier molecular flexibility index (Phi) is 6.97. The molecule has 0 radical (unpaired) electrons. The molecule has 1 N–H and O–H groups in total. The number of aromatic carboxylic acids is 1. The number of esters is 1. The number of rotatable bonds is 2. The van der Waals surface area contributed by atoms with Crippen molar-refractivity contribution in [3.8, 4) is 0 Å². The summed E-state index contributed by atoms with van der Waals surface area (Å²) in [4.78, 5) is 28.7. The number of carboxylic acids is 1. The Bertz CT molecular complexity index is 650. The maximum Gasteiger partial charge on any atom is 0.339 e. The Morgan fingerprint density at radius 3 is 1.86 bits per heavy atom. The van der Waals surface area contributed by atoms with Crippen molar-refractivity contribution in [2.45, 2.75) is 0 Å². The van der Waals surface area contributed by atoms with Crippen LogP contribution < -0.4 is 0 Å². The predicted molar refractivity (Wildman–Crippen MR) is 82.2 cm³/mol. The van der Waals surface area contributed by atoms with E-state index in [0.29, 0.717) is 10.0 Å². The summed E-state index contributed by atoms with van der Waals surface area (Å²) in [6.45, 7) is 0. The zero-order valence-corrected chi connectivity index (χ0v) is 14.0. The van der Waals surface area contributed by atoms with Gasteiger partial charge in [0.05, 0.1) is 18.2 Å². The topological polar surface area (TPSA) is 89.4 Å². The molecule has 0 bridgehead atoms. The molecule has 0 aliphatic heterocycles. The zero-order valence-electron chi connectivity index (χ0n) is 10.8. The fourth-order valence-electron chi connectivity index (χ4n) is 1.17. The Hall–Kier alpha value is -1.80. The van der Waals surface area contributed by atoms with Crippen LogP contribution in [-0.4, -0.2) is 34.1 Å². The number of carboxylic acid groups (broad SMARTS) is 1.